The Morgan fingerprint density at radius 1 is 1.00 bits per heavy atom. The molecular formula is C26H46O3. The van der Waals surface area contributed by atoms with Gasteiger partial charge in [-0.15, -0.1) is 0 Å². The highest BCUT2D eigenvalue weighted by atomic mass is 16.5. The minimum absolute atomic E-state index is 0. The third-order valence-electron chi connectivity index (χ3n) is 10.7. The molecule has 0 aromatic carbocycles. The molecule has 0 amide bonds. The van der Waals surface area contributed by atoms with Crippen molar-refractivity contribution in [2.75, 3.05) is 7.11 Å². The first-order chi connectivity index (χ1) is 13.3. The fourth-order valence-corrected chi connectivity index (χ4v) is 9.10. The van der Waals surface area contributed by atoms with Gasteiger partial charge in [-0.25, -0.2) is 0 Å². The second-order valence-corrected chi connectivity index (χ2v) is 11.9. The smallest absolute Gasteiger partial charge is 0.305 e. The Kier molecular flexibility index (Phi) is 6.78. The maximum atomic E-state index is 11.7. The van der Waals surface area contributed by atoms with E-state index in [0.717, 1.165) is 41.9 Å². The summed E-state index contributed by atoms with van der Waals surface area (Å²) in [7, 11) is 1.52. The van der Waals surface area contributed by atoms with Crippen LogP contribution in [0.15, 0.2) is 0 Å². The van der Waals surface area contributed by atoms with E-state index in [4.69, 9.17) is 4.74 Å². The van der Waals surface area contributed by atoms with E-state index in [1.807, 2.05) is 0 Å². The highest BCUT2D eigenvalue weighted by molar-refractivity contribution is 5.69. The molecule has 168 valence electrons. The first-order valence-corrected chi connectivity index (χ1v) is 12.4. The third kappa shape index (κ3) is 3.79. The first kappa shape index (κ1) is 23.1. The zero-order chi connectivity index (χ0) is 20.1. The maximum absolute atomic E-state index is 11.7. The van der Waals surface area contributed by atoms with Crippen molar-refractivity contribution in [3.8, 4) is 0 Å². The highest BCUT2D eigenvalue weighted by Gasteiger charge is 2.60. The van der Waals surface area contributed by atoms with Gasteiger partial charge >= 0.3 is 5.97 Å². The lowest BCUT2D eigenvalue weighted by Gasteiger charge is -2.61. The number of methoxy groups -OCH3 is 1. The fourth-order valence-electron chi connectivity index (χ4n) is 9.10. The molecule has 29 heavy (non-hydrogen) atoms. The molecule has 0 heterocycles. The largest absolute Gasteiger partial charge is 0.469 e. The van der Waals surface area contributed by atoms with Crippen molar-refractivity contribution >= 4 is 5.97 Å². The SMILES string of the molecule is COC(=O)CCC(C)C1CCC2C3CCC4CC(C)CCC4(C)C3CCC12C.O. The van der Waals surface area contributed by atoms with Crippen molar-refractivity contribution in [3.63, 3.8) is 0 Å². The lowest BCUT2D eigenvalue weighted by Crippen LogP contribution is -2.53. The third-order valence-corrected chi connectivity index (χ3v) is 10.7. The molecule has 0 radical (unpaired) electrons. The van der Waals surface area contributed by atoms with Crippen LogP contribution in [0.5, 0.6) is 0 Å². The van der Waals surface area contributed by atoms with Crippen molar-refractivity contribution in [2.45, 2.75) is 98.3 Å². The first-order valence-electron chi connectivity index (χ1n) is 12.4. The van der Waals surface area contributed by atoms with Gasteiger partial charge in [0.05, 0.1) is 7.11 Å². The van der Waals surface area contributed by atoms with Crippen molar-refractivity contribution in [1.82, 2.24) is 0 Å². The zero-order valence-electron chi connectivity index (χ0n) is 19.6. The van der Waals surface area contributed by atoms with Gasteiger partial charge in [0.15, 0.2) is 0 Å². The Balaban J connectivity index is 0.00000240. The van der Waals surface area contributed by atoms with Crippen LogP contribution in [-0.2, 0) is 9.53 Å². The molecule has 4 saturated carbocycles. The van der Waals surface area contributed by atoms with Crippen LogP contribution in [-0.4, -0.2) is 18.6 Å². The molecule has 0 aromatic rings. The Morgan fingerprint density at radius 2 is 1.69 bits per heavy atom. The molecule has 0 aromatic heterocycles. The van der Waals surface area contributed by atoms with Crippen LogP contribution in [0.3, 0.4) is 0 Å². The molecule has 4 rings (SSSR count). The maximum Gasteiger partial charge on any atom is 0.305 e. The summed E-state index contributed by atoms with van der Waals surface area (Å²) in [6, 6.07) is 0. The normalized spacial score (nSPS) is 47.2. The van der Waals surface area contributed by atoms with Crippen molar-refractivity contribution in [2.24, 2.45) is 52.3 Å². The molecule has 2 N–H and O–H groups in total. The van der Waals surface area contributed by atoms with E-state index < -0.39 is 0 Å². The van der Waals surface area contributed by atoms with Crippen LogP contribution in [0.2, 0.25) is 0 Å². The second kappa shape index (κ2) is 8.52. The van der Waals surface area contributed by atoms with Gasteiger partial charge in [0.25, 0.3) is 0 Å². The van der Waals surface area contributed by atoms with E-state index in [9.17, 15) is 4.79 Å². The van der Waals surface area contributed by atoms with E-state index in [-0.39, 0.29) is 11.4 Å². The molecule has 4 aliphatic carbocycles. The van der Waals surface area contributed by atoms with Gasteiger partial charge in [0.1, 0.15) is 0 Å². The Bertz CT molecular complexity index is 589. The topological polar surface area (TPSA) is 57.8 Å². The van der Waals surface area contributed by atoms with Gasteiger partial charge in [-0.1, -0.05) is 34.1 Å². The van der Waals surface area contributed by atoms with Crippen LogP contribution in [0.25, 0.3) is 0 Å². The molecule has 0 saturated heterocycles. The van der Waals surface area contributed by atoms with Gasteiger partial charge in [-0.3, -0.25) is 4.79 Å². The van der Waals surface area contributed by atoms with Crippen LogP contribution in [0, 0.1) is 52.3 Å². The molecule has 4 aliphatic rings. The summed E-state index contributed by atoms with van der Waals surface area (Å²) in [5.74, 6) is 6.27. The van der Waals surface area contributed by atoms with E-state index in [1.54, 1.807) is 0 Å². The van der Waals surface area contributed by atoms with Gasteiger partial charge in [0, 0.05) is 6.42 Å². The molecular weight excluding hydrogens is 360 g/mol. The summed E-state index contributed by atoms with van der Waals surface area (Å²) in [6.07, 6.45) is 14.8. The number of ether oxygens (including phenoxy) is 1. The van der Waals surface area contributed by atoms with E-state index in [0.29, 0.717) is 23.2 Å². The van der Waals surface area contributed by atoms with E-state index in [2.05, 4.69) is 27.7 Å². The molecule has 0 aliphatic heterocycles. The number of esters is 1. The summed E-state index contributed by atoms with van der Waals surface area (Å²) in [5.41, 5.74) is 1.15. The van der Waals surface area contributed by atoms with Crippen molar-refractivity contribution < 1.29 is 15.0 Å². The van der Waals surface area contributed by atoms with Crippen LogP contribution in [0.4, 0.5) is 0 Å². The fraction of sp³-hybridized carbons (Fsp3) is 0.962. The summed E-state index contributed by atoms with van der Waals surface area (Å²) < 4.78 is 4.90. The standard InChI is InChI=1S/C26H44O2.H2O/c1-17-12-14-25(3)19(16-17)7-8-20-22-10-9-21(18(2)6-11-24(27)28-5)26(22,4)15-13-23(20)25;/h17-23H,6-16H2,1-5H3;1H2. The number of carbonyl (C=O) groups is 1. The average molecular weight is 407 g/mol. The Hall–Kier alpha value is -0.570. The quantitative estimate of drug-likeness (QED) is 0.534. The number of carbonyl (C=O) groups excluding carboxylic acids is 1. The average Bonchev–Trinajstić information content (AvgIpc) is 3.03. The number of fused-ring (bicyclic) bond motifs is 5. The van der Waals surface area contributed by atoms with Gasteiger partial charge < -0.3 is 10.2 Å². The molecule has 4 fully saturated rings. The van der Waals surface area contributed by atoms with Crippen LogP contribution >= 0.6 is 0 Å². The molecule has 0 spiro atoms. The lowest BCUT2D eigenvalue weighted by atomic mass is 9.44. The monoisotopic (exact) mass is 406 g/mol. The van der Waals surface area contributed by atoms with Crippen molar-refractivity contribution in [1.29, 1.82) is 0 Å². The summed E-state index contributed by atoms with van der Waals surface area (Å²) in [4.78, 5) is 11.7. The Labute approximate surface area is 179 Å². The van der Waals surface area contributed by atoms with E-state index in [1.165, 1.54) is 64.9 Å². The molecule has 0 bridgehead atoms. The molecule has 3 heteroatoms. The van der Waals surface area contributed by atoms with Gasteiger partial charge in [-0.05, 0) is 110 Å². The number of rotatable bonds is 4. The van der Waals surface area contributed by atoms with Gasteiger partial charge in [0.2, 0.25) is 0 Å². The lowest BCUT2D eigenvalue weighted by molar-refractivity contribution is -0.141. The molecule has 9 unspecified atom stereocenters. The zero-order valence-corrected chi connectivity index (χ0v) is 19.6. The highest BCUT2D eigenvalue weighted by Crippen LogP contribution is 2.68. The van der Waals surface area contributed by atoms with Gasteiger partial charge in [-0.2, -0.15) is 0 Å². The minimum Gasteiger partial charge on any atom is -0.469 e. The number of hydrogen-bond donors (Lipinski definition) is 0. The molecule has 9 atom stereocenters. The minimum atomic E-state index is -0.0342. The summed E-state index contributed by atoms with van der Waals surface area (Å²) >= 11 is 0. The van der Waals surface area contributed by atoms with E-state index >= 15 is 0 Å². The number of hydrogen-bond acceptors (Lipinski definition) is 2. The Morgan fingerprint density at radius 3 is 2.41 bits per heavy atom. The predicted molar refractivity (Wildman–Crippen MR) is 118 cm³/mol. The van der Waals surface area contributed by atoms with Crippen LogP contribution in [0.1, 0.15) is 98.3 Å². The van der Waals surface area contributed by atoms with Crippen molar-refractivity contribution in [3.05, 3.63) is 0 Å². The summed E-state index contributed by atoms with van der Waals surface area (Å²) in [5, 5.41) is 0. The summed E-state index contributed by atoms with van der Waals surface area (Å²) in [6.45, 7) is 10.2. The second-order valence-electron chi connectivity index (χ2n) is 11.9. The predicted octanol–water partition coefficient (Wildman–Crippen LogP) is 6.05. The van der Waals surface area contributed by atoms with Crippen LogP contribution < -0.4 is 0 Å². The molecule has 3 nitrogen and oxygen atoms in total.